The smallest absolute Gasteiger partial charge is 0.231 e. The predicted octanol–water partition coefficient (Wildman–Crippen LogP) is 1.71. The molecule has 3 aromatic rings. The molecule has 2 aromatic heterocycles. The van der Waals surface area contributed by atoms with Crippen molar-refractivity contribution in [2.45, 2.75) is 0 Å². The first kappa shape index (κ1) is 17.0. The average molecular weight is 363 g/mol. The fourth-order valence-electron chi connectivity index (χ4n) is 2.74. The number of nitrogens with zero attached hydrogens (tertiary/aromatic N) is 5. The second-order valence-corrected chi connectivity index (χ2v) is 6.00. The summed E-state index contributed by atoms with van der Waals surface area (Å²) in [5, 5.41) is 9.52. The molecule has 8 nitrogen and oxygen atoms in total. The zero-order valence-electron chi connectivity index (χ0n) is 14.4. The first-order chi connectivity index (χ1) is 13.2. The highest BCUT2D eigenvalue weighted by Crippen LogP contribution is 2.22. The van der Waals surface area contributed by atoms with E-state index in [1.165, 1.54) is 6.20 Å². The van der Waals surface area contributed by atoms with Gasteiger partial charge in [0.25, 0.3) is 0 Å². The van der Waals surface area contributed by atoms with Crippen LogP contribution in [-0.2, 0) is 4.74 Å². The molecule has 1 aliphatic rings. The number of benzene rings is 1. The number of aromatic nitrogens is 4. The molecule has 1 aromatic carbocycles. The van der Waals surface area contributed by atoms with Gasteiger partial charge < -0.3 is 14.7 Å². The minimum atomic E-state index is -0.319. The maximum Gasteiger partial charge on any atom is 0.231 e. The fourth-order valence-corrected chi connectivity index (χ4v) is 2.74. The van der Waals surface area contributed by atoms with Gasteiger partial charge in [-0.05, 0) is 36.4 Å². The van der Waals surface area contributed by atoms with Crippen LogP contribution in [0.25, 0.3) is 11.4 Å². The number of carbonyl (C=O) groups excluding carboxylic acids is 1. The number of morpholine rings is 1. The Bertz CT molecular complexity index is 941. The molecule has 1 N–H and O–H groups in total. The molecular weight excluding hydrogens is 346 g/mol. The van der Waals surface area contributed by atoms with Crippen molar-refractivity contribution in [2.75, 3.05) is 31.2 Å². The Kier molecular flexibility index (Phi) is 4.71. The fraction of sp³-hybridized carbons (Fsp3) is 0.211. The Labute approximate surface area is 155 Å². The van der Waals surface area contributed by atoms with E-state index in [1.807, 2.05) is 4.90 Å². The van der Waals surface area contributed by atoms with Crippen LogP contribution in [0.5, 0.6) is 5.75 Å². The van der Waals surface area contributed by atoms with Crippen molar-refractivity contribution >= 4 is 11.7 Å². The Balaban J connectivity index is 1.78. The average Bonchev–Trinajstić information content (AvgIpc) is 2.74. The number of hydrogen-bond donors (Lipinski definition) is 1. The number of phenols is 1. The van der Waals surface area contributed by atoms with Gasteiger partial charge in [-0.2, -0.15) is 9.97 Å². The number of rotatable bonds is 4. The van der Waals surface area contributed by atoms with Crippen molar-refractivity contribution in [3.8, 4) is 17.1 Å². The largest absolute Gasteiger partial charge is 0.508 e. The highest BCUT2D eigenvalue weighted by atomic mass is 16.5. The van der Waals surface area contributed by atoms with Crippen LogP contribution in [0.4, 0.5) is 5.95 Å². The van der Waals surface area contributed by atoms with Gasteiger partial charge in [-0.15, -0.1) is 0 Å². The Hall–Kier alpha value is -3.39. The third-order valence-electron chi connectivity index (χ3n) is 4.17. The summed E-state index contributed by atoms with van der Waals surface area (Å²) in [5.41, 5.74) is 1.10. The number of phenolic OH excluding ortho intramolecular Hbond substituents is 1. The van der Waals surface area contributed by atoms with Gasteiger partial charge in [0.15, 0.2) is 5.82 Å². The van der Waals surface area contributed by atoms with Gasteiger partial charge in [-0.3, -0.25) is 9.78 Å². The summed E-state index contributed by atoms with van der Waals surface area (Å²) in [6.07, 6.45) is 3.09. The summed E-state index contributed by atoms with van der Waals surface area (Å²) in [4.78, 5) is 32.1. The lowest BCUT2D eigenvalue weighted by Gasteiger charge is -2.27. The molecule has 0 amide bonds. The molecule has 0 unspecified atom stereocenters. The van der Waals surface area contributed by atoms with Gasteiger partial charge in [-0.1, -0.05) is 0 Å². The zero-order valence-corrected chi connectivity index (χ0v) is 14.4. The number of pyridine rings is 1. The molecule has 0 atom stereocenters. The third-order valence-corrected chi connectivity index (χ3v) is 4.17. The number of ether oxygens (including phenoxy) is 1. The van der Waals surface area contributed by atoms with Gasteiger partial charge in [0.05, 0.1) is 13.2 Å². The van der Waals surface area contributed by atoms with E-state index in [9.17, 15) is 9.90 Å². The first-order valence-corrected chi connectivity index (χ1v) is 8.53. The first-order valence-electron chi connectivity index (χ1n) is 8.53. The molecule has 1 saturated heterocycles. The molecule has 0 spiro atoms. The number of aromatic hydroxyl groups is 1. The number of anilines is 1. The second kappa shape index (κ2) is 7.46. The van der Waals surface area contributed by atoms with Crippen molar-refractivity contribution < 1.29 is 14.6 Å². The lowest BCUT2D eigenvalue weighted by Crippen LogP contribution is -2.37. The molecule has 0 saturated carbocycles. The Morgan fingerprint density at radius 3 is 2.52 bits per heavy atom. The van der Waals surface area contributed by atoms with Crippen LogP contribution in [0.15, 0.2) is 48.8 Å². The minimum Gasteiger partial charge on any atom is -0.508 e. The normalized spacial score (nSPS) is 14.1. The summed E-state index contributed by atoms with van der Waals surface area (Å²) >= 11 is 0. The minimum absolute atomic E-state index is 0.0579. The molecule has 1 fully saturated rings. The molecule has 3 heterocycles. The van der Waals surface area contributed by atoms with Crippen LogP contribution in [0, 0.1) is 0 Å². The Morgan fingerprint density at radius 1 is 1.04 bits per heavy atom. The topological polar surface area (TPSA) is 101 Å². The van der Waals surface area contributed by atoms with Crippen LogP contribution >= 0.6 is 0 Å². The predicted molar refractivity (Wildman–Crippen MR) is 97.6 cm³/mol. The van der Waals surface area contributed by atoms with E-state index in [0.29, 0.717) is 49.2 Å². The van der Waals surface area contributed by atoms with Gasteiger partial charge in [-0.25, -0.2) is 4.98 Å². The summed E-state index contributed by atoms with van der Waals surface area (Å²) < 4.78 is 5.38. The lowest BCUT2D eigenvalue weighted by atomic mass is 10.1. The van der Waals surface area contributed by atoms with E-state index in [-0.39, 0.29) is 17.4 Å². The summed E-state index contributed by atoms with van der Waals surface area (Å²) in [6, 6.07) is 9.87. The maximum absolute atomic E-state index is 12.8. The molecular formula is C19H17N5O3. The van der Waals surface area contributed by atoms with Crippen molar-refractivity contribution in [1.29, 1.82) is 0 Å². The molecule has 4 rings (SSSR count). The molecule has 0 bridgehead atoms. The van der Waals surface area contributed by atoms with E-state index < -0.39 is 0 Å². The number of ketones is 1. The van der Waals surface area contributed by atoms with E-state index >= 15 is 0 Å². The monoisotopic (exact) mass is 363 g/mol. The van der Waals surface area contributed by atoms with Crippen LogP contribution in [0.3, 0.4) is 0 Å². The third kappa shape index (κ3) is 3.75. The van der Waals surface area contributed by atoms with Gasteiger partial charge in [0, 0.05) is 36.6 Å². The molecule has 0 radical (unpaired) electrons. The summed E-state index contributed by atoms with van der Waals surface area (Å²) in [5.74, 6) is 0.692. The lowest BCUT2D eigenvalue weighted by molar-refractivity contribution is 0.102. The van der Waals surface area contributed by atoms with Crippen molar-refractivity contribution in [2.24, 2.45) is 0 Å². The zero-order chi connectivity index (χ0) is 18.6. The molecule has 136 valence electrons. The Morgan fingerprint density at radius 2 is 1.81 bits per heavy atom. The molecule has 1 aliphatic heterocycles. The van der Waals surface area contributed by atoms with Gasteiger partial charge >= 0.3 is 0 Å². The van der Waals surface area contributed by atoms with Crippen LogP contribution < -0.4 is 4.90 Å². The van der Waals surface area contributed by atoms with Crippen molar-refractivity contribution in [1.82, 2.24) is 19.9 Å². The molecule has 0 aliphatic carbocycles. The number of hydrogen-bond acceptors (Lipinski definition) is 8. The second-order valence-electron chi connectivity index (χ2n) is 6.00. The van der Waals surface area contributed by atoms with Crippen molar-refractivity contribution in [3.05, 3.63) is 60.2 Å². The number of carbonyl (C=O) groups is 1. The van der Waals surface area contributed by atoms with Crippen LogP contribution in [0.1, 0.15) is 16.2 Å². The van der Waals surface area contributed by atoms with E-state index in [0.717, 1.165) is 0 Å². The molecule has 8 heteroatoms. The van der Waals surface area contributed by atoms with Gasteiger partial charge in [0.2, 0.25) is 17.6 Å². The van der Waals surface area contributed by atoms with Crippen LogP contribution in [-0.4, -0.2) is 57.1 Å². The van der Waals surface area contributed by atoms with Crippen molar-refractivity contribution in [3.63, 3.8) is 0 Å². The van der Waals surface area contributed by atoms with Gasteiger partial charge in [0.1, 0.15) is 5.75 Å². The summed E-state index contributed by atoms with van der Waals surface area (Å²) in [6.45, 7) is 2.43. The quantitative estimate of drug-likeness (QED) is 0.699. The summed E-state index contributed by atoms with van der Waals surface area (Å²) in [7, 11) is 0. The standard InChI is InChI=1S/C19H17N5O3/c25-15-5-3-13(4-6-15)17-21-18(16(26)14-2-1-7-20-12-14)23-19(22-17)24-8-10-27-11-9-24/h1-7,12,25H,8-11H2. The van der Waals surface area contributed by atoms with E-state index in [1.54, 1.807) is 42.6 Å². The maximum atomic E-state index is 12.8. The highest BCUT2D eigenvalue weighted by molar-refractivity contribution is 6.06. The van der Waals surface area contributed by atoms with Crippen LogP contribution in [0.2, 0.25) is 0 Å². The van der Waals surface area contributed by atoms with E-state index in [2.05, 4.69) is 19.9 Å². The molecule has 27 heavy (non-hydrogen) atoms. The SMILES string of the molecule is O=C(c1cccnc1)c1nc(-c2ccc(O)cc2)nc(N2CCOCC2)n1. The van der Waals surface area contributed by atoms with E-state index in [4.69, 9.17) is 4.74 Å². The highest BCUT2D eigenvalue weighted by Gasteiger charge is 2.21.